The van der Waals surface area contributed by atoms with Crippen LogP contribution in [0.1, 0.15) is 36.5 Å². The fourth-order valence-electron chi connectivity index (χ4n) is 2.92. The maximum atomic E-state index is 12.9. The number of carbonyl (C=O) groups is 1. The smallest absolute Gasteiger partial charge is 0.227 e. The van der Waals surface area contributed by atoms with Gasteiger partial charge in [0.25, 0.3) is 0 Å². The highest BCUT2D eigenvalue weighted by molar-refractivity contribution is 7.09. The molecule has 1 amide bonds. The minimum atomic E-state index is 0.123. The van der Waals surface area contributed by atoms with Crippen molar-refractivity contribution in [2.24, 2.45) is 0 Å². The zero-order chi connectivity index (χ0) is 20.6. The van der Waals surface area contributed by atoms with Gasteiger partial charge in [0.1, 0.15) is 17.4 Å². The van der Waals surface area contributed by atoms with Crippen molar-refractivity contribution in [1.82, 2.24) is 9.88 Å². The van der Waals surface area contributed by atoms with Gasteiger partial charge in [0.05, 0.1) is 18.7 Å². The first-order valence-electron chi connectivity index (χ1n) is 9.70. The van der Waals surface area contributed by atoms with Crippen molar-refractivity contribution in [1.29, 1.82) is 0 Å². The Morgan fingerprint density at radius 3 is 2.59 bits per heavy atom. The fraction of sp³-hybridized carbons (Fsp3) is 0.304. The molecule has 0 aliphatic carbocycles. The molecule has 1 heterocycles. The van der Waals surface area contributed by atoms with Crippen LogP contribution < -0.4 is 4.74 Å². The molecule has 6 heteroatoms. The normalized spacial score (nSPS) is 11.8. The van der Waals surface area contributed by atoms with E-state index in [2.05, 4.69) is 18.8 Å². The van der Waals surface area contributed by atoms with Gasteiger partial charge < -0.3 is 9.64 Å². The van der Waals surface area contributed by atoms with Crippen molar-refractivity contribution in [3.63, 3.8) is 0 Å². The minimum absolute atomic E-state index is 0.123. The zero-order valence-corrected chi connectivity index (χ0v) is 18.2. The molecule has 0 unspecified atom stereocenters. The molecule has 0 fully saturated rings. The number of benzene rings is 2. The third-order valence-electron chi connectivity index (χ3n) is 4.75. The van der Waals surface area contributed by atoms with Gasteiger partial charge in [0.2, 0.25) is 5.91 Å². The first kappa shape index (κ1) is 21.3. The predicted octanol–water partition coefficient (Wildman–Crippen LogP) is 5.75. The summed E-state index contributed by atoms with van der Waals surface area (Å²) in [5.74, 6) is 0.878. The molecule has 0 aliphatic heterocycles. The first-order chi connectivity index (χ1) is 14.0. The molecule has 0 bridgehead atoms. The minimum Gasteiger partial charge on any atom is -0.486 e. The lowest BCUT2D eigenvalue weighted by molar-refractivity contribution is -0.133. The van der Waals surface area contributed by atoms with Crippen molar-refractivity contribution < 1.29 is 9.53 Å². The van der Waals surface area contributed by atoms with Crippen LogP contribution in [0.5, 0.6) is 5.75 Å². The fourth-order valence-corrected chi connectivity index (χ4v) is 3.74. The number of thiazole rings is 1. The van der Waals surface area contributed by atoms with E-state index in [-0.39, 0.29) is 11.9 Å². The largest absolute Gasteiger partial charge is 0.486 e. The van der Waals surface area contributed by atoms with E-state index < -0.39 is 0 Å². The predicted molar refractivity (Wildman–Crippen MR) is 118 cm³/mol. The average Bonchev–Trinajstić information content (AvgIpc) is 3.19. The van der Waals surface area contributed by atoms with Gasteiger partial charge in [0, 0.05) is 16.4 Å². The zero-order valence-electron chi connectivity index (χ0n) is 16.7. The van der Waals surface area contributed by atoms with Gasteiger partial charge in [-0.2, -0.15) is 0 Å². The lowest BCUT2D eigenvalue weighted by atomic mass is 10.1. The van der Waals surface area contributed by atoms with Gasteiger partial charge >= 0.3 is 0 Å². The Bertz CT molecular complexity index is 912. The molecule has 2 aromatic carbocycles. The number of rotatable bonds is 9. The van der Waals surface area contributed by atoms with Crippen molar-refractivity contribution in [2.75, 3.05) is 0 Å². The van der Waals surface area contributed by atoms with Crippen LogP contribution in [0, 0.1) is 0 Å². The third-order valence-corrected chi connectivity index (χ3v) is 5.87. The Balaban J connectivity index is 1.62. The van der Waals surface area contributed by atoms with Crippen LogP contribution in [0.25, 0.3) is 0 Å². The molecule has 0 saturated heterocycles. The molecule has 4 nitrogen and oxygen atoms in total. The number of hydrogen-bond donors (Lipinski definition) is 0. The topological polar surface area (TPSA) is 42.4 Å². The van der Waals surface area contributed by atoms with Crippen LogP contribution in [0.4, 0.5) is 0 Å². The molecule has 3 aromatic rings. The van der Waals surface area contributed by atoms with Crippen molar-refractivity contribution in [3.05, 3.63) is 81.3 Å². The summed E-state index contributed by atoms with van der Waals surface area (Å²) in [6.45, 7) is 5.09. The summed E-state index contributed by atoms with van der Waals surface area (Å²) in [6.07, 6.45) is 1.30. The summed E-state index contributed by atoms with van der Waals surface area (Å²) in [5, 5.41) is 3.57. The molecule has 29 heavy (non-hydrogen) atoms. The Morgan fingerprint density at radius 1 is 1.17 bits per heavy atom. The molecule has 0 radical (unpaired) electrons. The maximum Gasteiger partial charge on any atom is 0.227 e. The van der Waals surface area contributed by atoms with E-state index in [0.29, 0.717) is 24.6 Å². The third kappa shape index (κ3) is 6.31. The summed E-state index contributed by atoms with van der Waals surface area (Å²) in [4.78, 5) is 19.5. The second-order valence-corrected chi connectivity index (χ2v) is 8.30. The molecule has 1 aromatic heterocycles. The Morgan fingerprint density at radius 2 is 1.90 bits per heavy atom. The van der Waals surface area contributed by atoms with E-state index >= 15 is 0 Å². The molecule has 0 saturated carbocycles. The van der Waals surface area contributed by atoms with E-state index in [4.69, 9.17) is 16.3 Å². The standard InChI is InChI=1S/C23H25ClN2O2S/c1-3-17(2)26(23(27)13-18-7-5-4-6-8-18)14-20-16-29-22(25-20)15-28-21-11-9-19(24)10-12-21/h4-12,16-17H,3,13-15H2,1-2H3/t17-/m0/s1. The van der Waals surface area contributed by atoms with Gasteiger partial charge in [-0.15, -0.1) is 11.3 Å². The van der Waals surface area contributed by atoms with Crippen LogP contribution in [-0.4, -0.2) is 21.8 Å². The summed E-state index contributed by atoms with van der Waals surface area (Å²) in [6, 6.07) is 17.3. The molecular weight excluding hydrogens is 404 g/mol. The van der Waals surface area contributed by atoms with Gasteiger partial charge in [-0.1, -0.05) is 48.9 Å². The monoisotopic (exact) mass is 428 g/mol. The molecule has 3 rings (SSSR count). The number of ether oxygens (including phenoxy) is 1. The highest BCUT2D eigenvalue weighted by atomic mass is 35.5. The molecule has 0 N–H and O–H groups in total. The first-order valence-corrected chi connectivity index (χ1v) is 11.0. The number of aromatic nitrogens is 1. The van der Waals surface area contributed by atoms with E-state index in [0.717, 1.165) is 28.4 Å². The van der Waals surface area contributed by atoms with E-state index in [1.54, 1.807) is 23.5 Å². The quantitative estimate of drug-likeness (QED) is 0.436. The number of nitrogens with zero attached hydrogens (tertiary/aromatic N) is 2. The van der Waals surface area contributed by atoms with Crippen LogP contribution in [-0.2, 0) is 24.4 Å². The van der Waals surface area contributed by atoms with Crippen molar-refractivity contribution in [3.8, 4) is 5.75 Å². The SMILES string of the molecule is CC[C@H](C)N(Cc1csc(COc2ccc(Cl)cc2)n1)C(=O)Cc1ccccc1. The maximum absolute atomic E-state index is 12.9. The number of halogens is 1. The van der Waals surface area contributed by atoms with Gasteiger partial charge in [-0.25, -0.2) is 4.98 Å². The summed E-state index contributed by atoms with van der Waals surface area (Å²) >= 11 is 7.45. The van der Waals surface area contributed by atoms with E-state index in [1.807, 2.05) is 52.7 Å². The van der Waals surface area contributed by atoms with Crippen molar-refractivity contribution >= 4 is 28.8 Å². The van der Waals surface area contributed by atoms with Crippen LogP contribution in [0.3, 0.4) is 0 Å². The highest BCUT2D eigenvalue weighted by Gasteiger charge is 2.20. The number of hydrogen-bond acceptors (Lipinski definition) is 4. The molecular formula is C23H25ClN2O2S. The molecule has 0 aliphatic rings. The summed E-state index contributed by atoms with van der Waals surface area (Å²) in [5.41, 5.74) is 1.92. The van der Waals surface area contributed by atoms with Crippen LogP contribution in [0.2, 0.25) is 5.02 Å². The highest BCUT2D eigenvalue weighted by Crippen LogP contribution is 2.20. The van der Waals surface area contributed by atoms with E-state index in [9.17, 15) is 4.79 Å². The van der Waals surface area contributed by atoms with Gasteiger partial charge in [-0.3, -0.25) is 4.79 Å². The Hall–Kier alpha value is -2.37. The lowest BCUT2D eigenvalue weighted by Crippen LogP contribution is -2.38. The number of carbonyl (C=O) groups excluding carboxylic acids is 1. The Kier molecular flexibility index (Phi) is 7.67. The van der Waals surface area contributed by atoms with Gasteiger partial charge in [0.15, 0.2) is 0 Å². The Labute approximate surface area is 181 Å². The average molecular weight is 429 g/mol. The summed E-state index contributed by atoms with van der Waals surface area (Å²) in [7, 11) is 0. The number of amides is 1. The van der Waals surface area contributed by atoms with Crippen LogP contribution >= 0.6 is 22.9 Å². The second-order valence-electron chi connectivity index (χ2n) is 6.92. The van der Waals surface area contributed by atoms with E-state index in [1.165, 1.54) is 0 Å². The lowest BCUT2D eigenvalue weighted by Gasteiger charge is -2.28. The van der Waals surface area contributed by atoms with Gasteiger partial charge in [-0.05, 0) is 43.2 Å². The molecule has 0 spiro atoms. The van der Waals surface area contributed by atoms with Crippen molar-refractivity contribution in [2.45, 2.75) is 45.9 Å². The molecule has 152 valence electrons. The molecule has 1 atom stereocenters. The second kappa shape index (κ2) is 10.4. The van der Waals surface area contributed by atoms with Crippen LogP contribution in [0.15, 0.2) is 60.0 Å². The summed E-state index contributed by atoms with van der Waals surface area (Å²) < 4.78 is 5.77.